The van der Waals surface area contributed by atoms with Gasteiger partial charge in [-0.15, -0.1) is 0 Å². The van der Waals surface area contributed by atoms with Crippen molar-refractivity contribution in [2.24, 2.45) is 0 Å². The number of amides is 1. The molecule has 2 aliphatic heterocycles. The minimum Gasteiger partial charge on any atom is -0.376 e. The summed E-state index contributed by atoms with van der Waals surface area (Å²) < 4.78 is 34.1. The summed E-state index contributed by atoms with van der Waals surface area (Å²) in [6, 6.07) is 6.07. The molecule has 3 heterocycles. The molecule has 1 N–H and O–H groups in total. The number of sulfonamides is 1. The number of rotatable bonds is 6. The topological polar surface area (TPSA) is 93.5 Å². The van der Waals surface area contributed by atoms with Crippen molar-refractivity contribution in [3.05, 3.63) is 42.2 Å². The van der Waals surface area contributed by atoms with E-state index >= 15 is 0 Å². The van der Waals surface area contributed by atoms with Crippen LogP contribution in [0.4, 0.5) is 5.69 Å². The van der Waals surface area contributed by atoms with Crippen molar-refractivity contribution in [1.29, 1.82) is 0 Å². The molecule has 1 unspecified atom stereocenters. The molecule has 9 heteroatoms. The van der Waals surface area contributed by atoms with E-state index in [0.29, 0.717) is 30.9 Å². The van der Waals surface area contributed by atoms with Crippen molar-refractivity contribution in [3.8, 4) is 0 Å². The molecule has 29 heavy (non-hydrogen) atoms. The Morgan fingerprint density at radius 2 is 1.90 bits per heavy atom. The lowest BCUT2D eigenvalue weighted by Crippen LogP contribution is -2.27. The Hall–Kier alpha value is -2.23. The van der Waals surface area contributed by atoms with Gasteiger partial charge in [0.25, 0.3) is 5.91 Å². The van der Waals surface area contributed by atoms with Crippen LogP contribution in [-0.4, -0.2) is 54.2 Å². The second-order valence-electron chi connectivity index (χ2n) is 7.53. The number of ether oxygens (including phenoxy) is 1. The number of hydrogen-bond acceptors (Lipinski definition) is 5. The normalized spacial score (nSPS) is 20.6. The summed E-state index contributed by atoms with van der Waals surface area (Å²) in [6.45, 7) is 2.57. The van der Waals surface area contributed by atoms with Crippen LogP contribution in [-0.2, 0) is 21.3 Å². The van der Waals surface area contributed by atoms with Gasteiger partial charge in [0.05, 0.1) is 29.4 Å². The van der Waals surface area contributed by atoms with E-state index in [1.54, 1.807) is 29.2 Å². The van der Waals surface area contributed by atoms with Gasteiger partial charge in [-0.05, 0) is 56.4 Å². The van der Waals surface area contributed by atoms with Crippen molar-refractivity contribution < 1.29 is 17.9 Å². The fraction of sp³-hybridized carbons (Fsp3) is 0.500. The third kappa shape index (κ3) is 4.68. The lowest BCUT2D eigenvalue weighted by molar-refractivity contribution is 0.00400. The summed E-state index contributed by atoms with van der Waals surface area (Å²) in [5, 5.41) is 7.09. The average molecular weight is 419 g/mol. The van der Waals surface area contributed by atoms with Crippen LogP contribution < -0.4 is 5.32 Å². The van der Waals surface area contributed by atoms with Crippen molar-refractivity contribution in [3.63, 3.8) is 0 Å². The van der Waals surface area contributed by atoms with Gasteiger partial charge in [-0.2, -0.15) is 9.40 Å². The zero-order chi connectivity index (χ0) is 20.3. The molecule has 1 atom stereocenters. The zero-order valence-electron chi connectivity index (χ0n) is 16.3. The highest BCUT2D eigenvalue weighted by molar-refractivity contribution is 7.89. The van der Waals surface area contributed by atoms with Gasteiger partial charge in [-0.25, -0.2) is 8.42 Å². The minimum absolute atomic E-state index is 0.164. The molecule has 1 amide bonds. The summed E-state index contributed by atoms with van der Waals surface area (Å²) in [7, 11) is -3.47. The molecule has 0 aliphatic carbocycles. The van der Waals surface area contributed by atoms with Crippen LogP contribution >= 0.6 is 0 Å². The Labute approximate surface area is 170 Å². The van der Waals surface area contributed by atoms with Gasteiger partial charge in [-0.1, -0.05) is 0 Å². The number of anilines is 1. The van der Waals surface area contributed by atoms with Crippen molar-refractivity contribution in [2.75, 3.05) is 25.0 Å². The lowest BCUT2D eigenvalue weighted by Gasteiger charge is -2.22. The first-order valence-corrected chi connectivity index (χ1v) is 11.5. The maximum Gasteiger partial charge on any atom is 0.255 e. The Balaban J connectivity index is 1.37. The minimum atomic E-state index is -3.47. The van der Waals surface area contributed by atoms with Crippen LogP contribution in [0.2, 0.25) is 0 Å². The Morgan fingerprint density at radius 1 is 1.14 bits per heavy atom. The molecule has 4 rings (SSSR count). The number of benzene rings is 1. The van der Waals surface area contributed by atoms with E-state index < -0.39 is 10.0 Å². The standard InChI is InChI=1S/C20H26N4O4S/c25-20(22-17-13-21-23(14-17)15-18-5-1-4-12-28-18)16-6-8-19(9-7-16)29(26,27)24-10-2-3-11-24/h6-9,13-14,18H,1-5,10-12,15H2,(H,22,25). The van der Waals surface area contributed by atoms with E-state index in [9.17, 15) is 13.2 Å². The van der Waals surface area contributed by atoms with Gasteiger partial charge in [0.15, 0.2) is 0 Å². The van der Waals surface area contributed by atoms with E-state index in [1.807, 2.05) is 0 Å². The van der Waals surface area contributed by atoms with Gasteiger partial charge in [-0.3, -0.25) is 9.48 Å². The third-order valence-corrected chi connectivity index (χ3v) is 7.29. The lowest BCUT2D eigenvalue weighted by atomic mass is 10.1. The molecule has 1 aromatic carbocycles. The highest BCUT2D eigenvalue weighted by atomic mass is 32.2. The molecule has 0 spiro atoms. The first-order chi connectivity index (χ1) is 14.0. The van der Waals surface area contributed by atoms with E-state index in [4.69, 9.17) is 4.74 Å². The van der Waals surface area contributed by atoms with Gasteiger partial charge < -0.3 is 10.1 Å². The SMILES string of the molecule is O=C(Nc1cnn(CC2CCCCO2)c1)c1ccc(S(=O)(=O)N2CCCC2)cc1. The highest BCUT2D eigenvalue weighted by Gasteiger charge is 2.27. The zero-order valence-corrected chi connectivity index (χ0v) is 17.1. The van der Waals surface area contributed by atoms with Crippen LogP contribution in [0.1, 0.15) is 42.5 Å². The molecule has 0 radical (unpaired) electrons. The number of carbonyl (C=O) groups excluding carboxylic acids is 1. The molecule has 0 bridgehead atoms. The van der Waals surface area contributed by atoms with Crippen LogP contribution in [0.25, 0.3) is 0 Å². The molecule has 2 aromatic rings. The van der Waals surface area contributed by atoms with Crippen LogP contribution in [0.5, 0.6) is 0 Å². The van der Waals surface area contributed by atoms with Crippen molar-refractivity contribution in [1.82, 2.24) is 14.1 Å². The maximum atomic E-state index is 12.6. The fourth-order valence-electron chi connectivity index (χ4n) is 3.75. The summed E-state index contributed by atoms with van der Waals surface area (Å²) in [5.41, 5.74) is 0.994. The Bertz CT molecular complexity index is 943. The first kappa shape index (κ1) is 20.1. The molecule has 1 aromatic heterocycles. The number of nitrogens with one attached hydrogen (secondary N) is 1. The maximum absolute atomic E-state index is 12.6. The van der Waals surface area contributed by atoms with Crippen molar-refractivity contribution >= 4 is 21.6 Å². The summed E-state index contributed by atoms with van der Waals surface area (Å²) in [5.74, 6) is -0.302. The molecule has 156 valence electrons. The van der Waals surface area contributed by atoms with Gasteiger partial charge >= 0.3 is 0 Å². The molecule has 0 saturated carbocycles. The molecular formula is C20H26N4O4S. The number of nitrogens with zero attached hydrogens (tertiary/aromatic N) is 3. The summed E-state index contributed by atoms with van der Waals surface area (Å²) in [4.78, 5) is 12.7. The number of hydrogen-bond donors (Lipinski definition) is 1. The molecular weight excluding hydrogens is 392 g/mol. The predicted octanol–water partition coefficient (Wildman–Crippen LogP) is 2.49. The average Bonchev–Trinajstić information content (AvgIpc) is 3.42. The second kappa shape index (κ2) is 8.64. The van der Waals surface area contributed by atoms with E-state index in [-0.39, 0.29) is 16.9 Å². The largest absolute Gasteiger partial charge is 0.376 e. The predicted molar refractivity (Wildman–Crippen MR) is 108 cm³/mol. The van der Waals surface area contributed by atoms with Crippen molar-refractivity contribution in [2.45, 2.75) is 49.6 Å². The van der Waals surface area contributed by atoms with Crippen LogP contribution in [0.3, 0.4) is 0 Å². The molecule has 8 nitrogen and oxygen atoms in total. The monoisotopic (exact) mass is 418 g/mol. The molecule has 2 saturated heterocycles. The van der Waals surface area contributed by atoms with Gasteiger partial charge in [0.2, 0.25) is 10.0 Å². The van der Waals surface area contributed by atoms with E-state index in [2.05, 4.69) is 10.4 Å². The van der Waals surface area contributed by atoms with Gasteiger partial charge in [0, 0.05) is 31.5 Å². The highest BCUT2D eigenvalue weighted by Crippen LogP contribution is 2.21. The van der Waals surface area contributed by atoms with Crippen LogP contribution in [0.15, 0.2) is 41.6 Å². The second-order valence-corrected chi connectivity index (χ2v) is 9.47. The quantitative estimate of drug-likeness (QED) is 0.778. The molecule has 2 aliphatic rings. The van der Waals surface area contributed by atoms with Crippen LogP contribution in [0, 0.1) is 0 Å². The smallest absolute Gasteiger partial charge is 0.255 e. The third-order valence-electron chi connectivity index (χ3n) is 5.38. The molecule has 2 fully saturated rings. The van der Waals surface area contributed by atoms with E-state index in [0.717, 1.165) is 32.3 Å². The Kier molecular flexibility index (Phi) is 5.98. The first-order valence-electron chi connectivity index (χ1n) is 10.1. The van der Waals surface area contributed by atoms with Gasteiger partial charge in [0.1, 0.15) is 0 Å². The number of carbonyl (C=O) groups is 1. The number of aromatic nitrogens is 2. The fourth-order valence-corrected chi connectivity index (χ4v) is 5.26. The Morgan fingerprint density at radius 3 is 2.59 bits per heavy atom. The summed E-state index contributed by atoms with van der Waals surface area (Å²) in [6.07, 6.45) is 8.62. The summed E-state index contributed by atoms with van der Waals surface area (Å²) >= 11 is 0. The van der Waals surface area contributed by atoms with E-state index in [1.165, 1.54) is 22.9 Å².